The zero-order chi connectivity index (χ0) is 13.0. The molecule has 0 bridgehead atoms. The summed E-state index contributed by atoms with van der Waals surface area (Å²) < 4.78 is 0. The molecule has 18 heavy (non-hydrogen) atoms. The van der Waals surface area contributed by atoms with Crippen molar-refractivity contribution in [1.82, 2.24) is 5.32 Å². The Balaban J connectivity index is 1.79. The van der Waals surface area contributed by atoms with Crippen LogP contribution in [0.2, 0.25) is 0 Å². The van der Waals surface area contributed by atoms with E-state index in [0.717, 1.165) is 25.7 Å². The van der Waals surface area contributed by atoms with E-state index in [9.17, 15) is 4.79 Å². The second-order valence-corrected chi connectivity index (χ2v) is 5.17. The highest BCUT2D eigenvalue weighted by Gasteiger charge is 2.29. The van der Waals surface area contributed by atoms with Gasteiger partial charge in [-0.3, -0.25) is 4.79 Å². The van der Waals surface area contributed by atoms with E-state index in [2.05, 4.69) is 24.4 Å². The fourth-order valence-corrected chi connectivity index (χ4v) is 2.66. The average molecular weight is 246 g/mol. The molecule has 0 radical (unpaired) electrons. The van der Waals surface area contributed by atoms with Crippen LogP contribution < -0.4 is 11.1 Å². The Hall–Kier alpha value is -1.35. The minimum atomic E-state index is 0.0295. The summed E-state index contributed by atoms with van der Waals surface area (Å²) in [4.78, 5) is 11.9. The van der Waals surface area contributed by atoms with Gasteiger partial charge in [-0.25, -0.2) is 0 Å². The molecule has 1 aromatic rings. The number of amides is 1. The Labute approximate surface area is 109 Å². The first-order valence-electron chi connectivity index (χ1n) is 6.76. The molecule has 0 spiro atoms. The van der Waals surface area contributed by atoms with Crippen LogP contribution in [0.3, 0.4) is 0 Å². The van der Waals surface area contributed by atoms with Gasteiger partial charge < -0.3 is 11.1 Å². The first-order chi connectivity index (χ1) is 8.68. The molecule has 0 saturated heterocycles. The van der Waals surface area contributed by atoms with E-state index >= 15 is 0 Å². The van der Waals surface area contributed by atoms with Gasteiger partial charge in [0.05, 0.1) is 5.92 Å². The normalized spacial score (nSPS) is 23.0. The summed E-state index contributed by atoms with van der Waals surface area (Å²) in [5.74, 6) is 0.162. The molecule has 2 rings (SSSR count). The summed E-state index contributed by atoms with van der Waals surface area (Å²) >= 11 is 0. The number of carbonyl (C=O) groups excluding carboxylic acids is 1. The van der Waals surface area contributed by atoms with Crippen LogP contribution >= 0.6 is 0 Å². The van der Waals surface area contributed by atoms with Crippen LogP contribution in [0.5, 0.6) is 0 Å². The minimum Gasteiger partial charge on any atom is -0.355 e. The number of carbonyl (C=O) groups is 1. The second kappa shape index (κ2) is 6.01. The topological polar surface area (TPSA) is 55.1 Å². The van der Waals surface area contributed by atoms with E-state index in [1.54, 1.807) is 0 Å². The molecule has 1 aromatic carbocycles. The maximum Gasteiger partial charge on any atom is 0.224 e. The molecule has 0 aliphatic heterocycles. The fraction of sp³-hybridized carbons (Fsp3) is 0.533. The summed E-state index contributed by atoms with van der Waals surface area (Å²) in [6.07, 6.45) is 3.89. The molecule has 1 amide bonds. The van der Waals surface area contributed by atoms with E-state index in [4.69, 9.17) is 5.73 Å². The van der Waals surface area contributed by atoms with Gasteiger partial charge in [0.2, 0.25) is 5.91 Å². The van der Waals surface area contributed by atoms with Crippen LogP contribution in [-0.4, -0.2) is 18.5 Å². The van der Waals surface area contributed by atoms with Gasteiger partial charge in [0.25, 0.3) is 0 Å². The molecule has 3 heteroatoms. The van der Waals surface area contributed by atoms with E-state index < -0.39 is 0 Å². The number of hydrogen-bond donors (Lipinski definition) is 2. The lowest BCUT2D eigenvalue weighted by Gasteiger charge is -2.15. The molecule has 0 aromatic heterocycles. The Bertz CT molecular complexity index is 417. The van der Waals surface area contributed by atoms with E-state index in [0.29, 0.717) is 6.54 Å². The summed E-state index contributed by atoms with van der Waals surface area (Å²) in [7, 11) is 0. The molecule has 98 valence electrons. The fourth-order valence-electron chi connectivity index (χ4n) is 2.66. The molecule has 2 atom stereocenters. The quantitative estimate of drug-likeness (QED) is 0.851. The molecule has 3 N–H and O–H groups in total. The van der Waals surface area contributed by atoms with Crippen molar-refractivity contribution in [3.8, 4) is 0 Å². The van der Waals surface area contributed by atoms with Crippen molar-refractivity contribution in [2.24, 2.45) is 11.7 Å². The summed E-state index contributed by atoms with van der Waals surface area (Å²) in [5, 5.41) is 3.01. The van der Waals surface area contributed by atoms with Gasteiger partial charge in [0.15, 0.2) is 0 Å². The lowest BCUT2D eigenvalue weighted by Crippen LogP contribution is -2.39. The monoisotopic (exact) mass is 246 g/mol. The third-order valence-corrected chi connectivity index (χ3v) is 3.86. The van der Waals surface area contributed by atoms with E-state index in [-0.39, 0.29) is 17.9 Å². The van der Waals surface area contributed by atoms with Crippen LogP contribution in [0.25, 0.3) is 0 Å². The molecule has 1 saturated carbocycles. The number of aryl methyl sites for hydroxylation is 1. The average Bonchev–Trinajstić information content (AvgIpc) is 2.78. The van der Waals surface area contributed by atoms with Gasteiger partial charge in [-0.15, -0.1) is 0 Å². The summed E-state index contributed by atoms with van der Waals surface area (Å²) in [5.41, 5.74) is 8.51. The van der Waals surface area contributed by atoms with Crippen molar-refractivity contribution < 1.29 is 4.79 Å². The van der Waals surface area contributed by atoms with Gasteiger partial charge >= 0.3 is 0 Å². The van der Waals surface area contributed by atoms with Crippen LogP contribution in [-0.2, 0) is 11.2 Å². The lowest BCUT2D eigenvalue weighted by atomic mass is 10.0. The number of nitrogens with one attached hydrogen (secondary N) is 1. The Kier molecular flexibility index (Phi) is 4.37. The summed E-state index contributed by atoms with van der Waals surface area (Å²) in [6.45, 7) is 2.80. The highest BCUT2D eigenvalue weighted by Crippen LogP contribution is 2.23. The largest absolute Gasteiger partial charge is 0.355 e. The Morgan fingerprint density at radius 2 is 2.17 bits per heavy atom. The standard InChI is InChI=1S/C15H22N2O/c1-11-5-2-3-6-12(11)9-10-17-15(18)13-7-4-8-14(13)16/h2-3,5-6,13-14H,4,7-10,16H2,1H3,(H,17,18). The van der Waals surface area contributed by atoms with Crippen molar-refractivity contribution >= 4 is 5.91 Å². The first-order valence-corrected chi connectivity index (χ1v) is 6.76. The van der Waals surface area contributed by atoms with Crippen molar-refractivity contribution in [1.29, 1.82) is 0 Å². The molecule has 0 heterocycles. The minimum absolute atomic E-state index is 0.0295. The molecule has 2 unspecified atom stereocenters. The predicted molar refractivity (Wildman–Crippen MR) is 73.2 cm³/mol. The van der Waals surface area contributed by atoms with Gasteiger partial charge in [-0.2, -0.15) is 0 Å². The molecule has 3 nitrogen and oxygen atoms in total. The van der Waals surface area contributed by atoms with E-state index in [1.165, 1.54) is 11.1 Å². The smallest absolute Gasteiger partial charge is 0.224 e. The SMILES string of the molecule is Cc1ccccc1CCNC(=O)C1CCCC1N. The van der Waals surface area contributed by atoms with Crippen molar-refractivity contribution in [2.75, 3.05) is 6.54 Å². The highest BCUT2D eigenvalue weighted by molar-refractivity contribution is 5.79. The number of nitrogens with two attached hydrogens (primary N) is 1. The predicted octanol–water partition coefficient (Wildman–Crippen LogP) is 1.78. The summed E-state index contributed by atoms with van der Waals surface area (Å²) in [6, 6.07) is 8.35. The molecule has 1 aliphatic carbocycles. The van der Waals surface area contributed by atoms with Crippen LogP contribution in [0.4, 0.5) is 0 Å². The van der Waals surface area contributed by atoms with Crippen LogP contribution in [0, 0.1) is 12.8 Å². The van der Waals surface area contributed by atoms with Crippen LogP contribution in [0.15, 0.2) is 24.3 Å². The molecular weight excluding hydrogens is 224 g/mol. The lowest BCUT2D eigenvalue weighted by molar-refractivity contribution is -0.125. The van der Waals surface area contributed by atoms with E-state index in [1.807, 2.05) is 12.1 Å². The maximum absolute atomic E-state index is 11.9. The first kappa shape index (κ1) is 13.1. The van der Waals surface area contributed by atoms with Crippen molar-refractivity contribution in [3.05, 3.63) is 35.4 Å². The van der Waals surface area contributed by atoms with Crippen molar-refractivity contribution in [2.45, 2.75) is 38.6 Å². The Morgan fingerprint density at radius 1 is 1.39 bits per heavy atom. The third-order valence-electron chi connectivity index (χ3n) is 3.86. The number of hydrogen-bond acceptors (Lipinski definition) is 2. The van der Waals surface area contributed by atoms with Gasteiger partial charge in [-0.05, 0) is 37.3 Å². The molecule has 1 aliphatic rings. The zero-order valence-corrected chi connectivity index (χ0v) is 11.0. The van der Waals surface area contributed by atoms with Gasteiger partial charge in [0.1, 0.15) is 0 Å². The highest BCUT2D eigenvalue weighted by atomic mass is 16.1. The second-order valence-electron chi connectivity index (χ2n) is 5.17. The van der Waals surface area contributed by atoms with Crippen LogP contribution in [0.1, 0.15) is 30.4 Å². The zero-order valence-electron chi connectivity index (χ0n) is 11.0. The maximum atomic E-state index is 11.9. The third kappa shape index (κ3) is 3.10. The molecule has 1 fully saturated rings. The van der Waals surface area contributed by atoms with Gasteiger partial charge in [-0.1, -0.05) is 30.7 Å². The van der Waals surface area contributed by atoms with Crippen molar-refractivity contribution in [3.63, 3.8) is 0 Å². The molecular formula is C15H22N2O. The number of rotatable bonds is 4. The Morgan fingerprint density at radius 3 is 2.83 bits per heavy atom. The number of benzene rings is 1. The van der Waals surface area contributed by atoms with Gasteiger partial charge in [0, 0.05) is 12.6 Å².